The first-order valence-electron chi connectivity index (χ1n) is 9.01. The number of halogens is 1. The minimum atomic E-state index is -0.246. The van der Waals surface area contributed by atoms with Gasteiger partial charge in [-0.1, -0.05) is 23.7 Å². The lowest BCUT2D eigenvalue weighted by Gasteiger charge is -2.09. The van der Waals surface area contributed by atoms with Gasteiger partial charge in [-0.3, -0.25) is 9.59 Å². The van der Waals surface area contributed by atoms with Crippen molar-refractivity contribution in [2.24, 2.45) is 11.8 Å². The molecule has 2 N–H and O–H groups in total. The Morgan fingerprint density at radius 3 is 2.30 bits per heavy atom. The van der Waals surface area contributed by atoms with E-state index in [4.69, 9.17) is 16.3 Å². The Bertz CT molecular complexity index is 803. The summed E-state index contributed by atoms with van der Waals surface area (Å²) >= 11 is 5.87. The molecule has 0 aliphatic heterocycles. The van der Waals surface area contributed by atoms with Gasteiger partial charge in [0.1, 0.15) is 12.4 Å². The number of nitrogens with one attached hydrogen (secondary N) is 2. The van der Waals surface area contributed by atoms with Crippen LogP contribution in [0, 0.1) is 11.8 Å². The third-order valence-electron chi connectivity index (χ3n) is 4.34. The molecule has 2 aromatic carbocycles. The molecule has 3 rings (SSSR count). The van der Waals surface area contributed by atoms with Crippen molar-refractivity contribution in [2.45, 2.75) is 32.9 Å². The molecule has 2 atom stereocenters. The first-order chi connectivity index (χ1) is 12.9. The second-order valence-electron chi connectivity index (χ2n) is 7.04. The maximum absolute atomic E-state index is 12.3. The summed E-state index contributed by atoms with van der Waals surface area (Å²) < 4.78 is 5.73. The van der Waals surface area contributed by atoms with Crippen LogP contribution in [0.15, 0.2) is 48.5 Å². The largest absolute Gasteiger partial charge is 0.489 e. The molecule has 2 unspecified atom stereocenters. The second-order valence-corrected chi connectivity index (χ2v) is 7.48. The van der Waals surface area contributed by atoms with Crippen LogP contribution >= 0.6 is 11.6 Å². The zero-order valence-corrected chi connectivity index (χ0v) is 16.1. The van der Waals surface area contributed by atoms with Gasteiger partial charge in [0.25, 0.3) is 0 Å². The standard InChI is InChI=1S/C21H23ClN2O3/c1-13(2)23-20(25)18-11-19(18)21(26)24-16-7-9-17(10-8-16)27-12-14-3-5-15(22)6-4-14/h3-10,13,18-19H,11-12H2,1-2H3,(H,23,25)(H,24,26). The molecule has 142 valence electrons. The van der Waals surface area contributed by atoms with Crippen LogP contribution in [0.2, 0.25) is 5.02 Å². The van der Waals surface area contributed by atoms with Crippen molar-refractivity contribution in [1.82, 2.24) is 5.32 Å². The topological polar surface area (TPSA) is 67.4 Å². The number of ether oxygens (including phenoxy) is 1. The SMILES string of the molecule is CC(C)NC(=O)C1CC1C(=O)Nc1ccc(OCc2ccc(Cl)cc2)cc1. The van der Waals surface area contributed by atoms with Gasteiger partial charge in [0, 0.05) is 16.8 Å². The van der Waals surface area contributed by atoms with Crippen molar-refractivity contribution in [3.8, 4) is 5.75 Å². The van der Waals surface area contributed by atoms with Crippen LogP contribution in [-0.2, 0) is 16.2 Å². The first-order valence-corrected chi connectivity index (χ1v) is 9.38. The number of anilines is 1. The lowest BCUT2D eigenvalue weighted by Crippen LogP contribution is -2.32. The van der Waals surface area contributed by atoms with Gasteiger partial charge in [-0.05, 0) is 62.2 Å². The van der Waals surface area contributed by atoms with Gasteiger partial charge < -0.3 is 15.4 Å². The fourth-order valence-corrected chi connectivity index (χ4v) is 2.91. The summed E-state index contributed by atoms with van der Waals surface area (Å²) in [4.78, 5) is 24.2. The molecule has 2 aromatic rings. The highest BCUT2D eigenvalue weighted by molar-refractivity contribution is 6.30. The molecule has 5 nitrogen and oxygen atoms in total. The summed E-state index contributed by atoms with van der Waals surface area (Å²) in [7, 11) is 0. The summed E-state index contributed by atoms with van der Waals surface area (Å²) in [5, 5.41) is 6.40. The summed E-state index contributed by atoms with van der Waals surface area (Å²) in [6.45, 7) is 4.26. The molecular weight excluding hydrogens is 364 g/mol. The van der Waals surface area contributed by atoms with Crippen LogP contribution in [0.1, 0.15) is 25.8 Å². The van der Waals surface area contributed by atoms with Crippen molar-refractivity contribution in [3.05, 3.63) is 59.1 Å². The highest BCUT2D eigenvalue weighted by Crippen LogP contribution is 2.39. The van der Waals surface area contributed by atoms with E-state index in [1.807, 2.05) is 38.1 Å². The van der Waals surface area contributed by atoms with Gasteiger partial charge in [-0.25, -0.2) is 0 Å². The third kappa shape index (κ3) is 5.47. The van der Waals surface area contributed by atoms with E-state index >= 15 is 0 Å². The van der Waals surface area contributed by atoms with Crippen molar-refractivity contribution in [3.63, 3.8) is 0 Å². The van der Waals surface area contributed by atoms with Crippen molar-refractivity contribution in [2.75, 3.05) is 5.32 Å². The molecule has 27 heavy (non-hydrogen) atoms. The van der Waals surface area contributed by atoms with Crippen LogP contribution in [0.25, 0.3) is 0 Å². The average Bonchev–Trinajstić information content (AvgIpc) is 3.43. The van der Waals surface area contributed by atoms with E-state index in [1.165, 1.54) is 0 Å². The zero-order chi connectivity index (χ0) is 19.4. The predicted molar refractivity (Wildman–Crippen MR) is 106 cm³/mol. The summed E-state index contributed by atoms with van der Waals surface area (Å²) in [5.74, 6) is 0.0901. The van der Waals surface area contributed by atoms with E-state index in [0.29, 0.717) is 29.5 Å². The smallest absolute Gasteiger partial charge is 0.228 e. The minimum Gasteiger partial charge on any atom is -0.489 e. The van der Waals surface area contributed by atoms with E-state index in [9.17, 15) is 9.59 Å². The monoisotopic (exact) mass is 386 g/mol. The molecule has 0 saturated heterocycles. The molecule has 1 fully saturated rings. The Hall–Kier alpha value is -2.53. The number of hydrogen-bond acceptors (Lipinski definition) is 3. The molecule has 0 bridgehead atoms. The van der Waals surface area contributed by atoms with Gasteiger partial charge in [0.2, 0.25) is 11.8 Å². The molecule has 1 aliphatic rings. The van der Waals surface area contributed by atoms with Crippen LogP contribution < -0.4 is 15.4 Å². The fraction of sp³-hybridized carbons (Fsp3) is 0.333. The van der Waals surface area contributed by atoms with Gasteiger partial charge in [-0.15, -0.1) is 0 Å². The van der Waals surface area contributed by atoms with Crippen LogP contribution in [0.5, 0.6) is 5.75 Å². The highest BCUT2D eigenvalue weighted by atomic mass is 35.5. The number of amides is 2. The first kappa shape index (κ1) is 19.2. The molecule has 1 saturated carbocycles. The number of benzene rings is 2. The second kappa shape index (κ2) is 8.44. The fourth-order valence-electron chi connectivity index (χ4n) is 2.78. The third-order valence-corrected chi connectivity index (χ3v) is 4.59. The van der Waals surface area contributed by atoms with E-state index < -0.39 is 0 Å². The minimum absolute atomic E-state index is 0.0453. The van der Waals surface area contributed by atoms with E-state index in [1.54, 1.807) is 24.3 Å². The van der Waals surface area contributed by atoms with Gasteiger partial charge in [-0.2, -0.15) is 0 Å². The average molecular weight is 387 g/mol. The Labute approximate surface area is 164 Å². The number of hydrogen-bond donors (Lipinski definition) is 2. The van der Waals surface area contributed by atoms with Crippen LogP contribution in [0.4, 0.5) is 5.69 Å². The molecular formula is C21H23ClN2O3. The highest BCUT2D eigenvalue weighted by Gasteiger charge is 2.48. The van der Waals surface area contributed by atoms with Crippen molar-refractivity contribution < 1.29 is 14.3 Å². The van der Waals surface area contributed by atoms with E-state index in [-0.39, 0.29) is 29.7 Å². The van der Waals surface area contributed by atoms with Gasteiger partial charge >= 0.3 is 0 Å². The molecule has 6 heteroatoms. The number of carbonyl (C=O) groups excluding carboxylic acids is 2. The molecule has 0 heterocycles. The lowest BCUT2D eigenvalue weighted by molar-refractivity contribution is -0.125. The summed E-state index contributed by atoms with van der Waals surface area (Å²) in [6, 6.07) is 14.8. The Morgan fingerprint density at radius 2 is 1.67 bits per heavy atom. The maximum atomic E-state index is 12.3. The lowest BCUT2D eigenvalue weighted by atomic mass is 10.2. The van der Waals surface area contributed by atoms with Gasteiger partial charge in [0.05, 0.1) is 11.8 Å². The summed E-state index contributed by atoms with van der Waals surface area (Å²) in [5.41, 5.74) is 1.71. The van der Waals surface area contributed by atoms with E-state index in [0.717, 1.165) is 5.56 Å². The molecule has 2 amide bonds. The van der Waals surface area contributed by atoms with Gasteiger partial charge in [0.15, 0.2) is 0 Å². The zero-order valence-electron chi connectivity index (χ0n) is 15.4. The Kier molecular flexibility index (Phi) is 6.01. The quantitative estimate of drug-likeness (QED) is 0.755. The number of rotatable bonds is 7. The van der Waals surface area contributed by atoms with E-state index in [2.05, 4.69) is 10.6 Å². The molecule has 0 spiro atoms. The Balaban J connectivity index is 1.47. The molecule has 0 aromatic heterocycles. The maximum Gasteiger partial charge on any atom is 0.228 e. The van der Waals surface area contributed by atoms with Crippen LogP contribution in [-0.4, -0.2) is 17.9 Å². The van der Waals surface area contributed by atoms with Crippen LogP contribution in [0.3, 0.4) is 0 Å². The van der Waals surface area contributed by atoms with Crippen molar-refractivity contribution in [1.29, 1.82) is 0 Å². The number of carbonyl (C=O) groups is 2. The normalized spacial score (nSPS) is 18.1. The summed E-state index contributed by atoms with van der Waals surface area (Å²) in [6.07, 6.45) is 0.604. The molecule has 0 radical (unpaired) electrons. The molecule has 1 aliphatic carbocycles. The Morgan fingerprint density at radius 1 is 1.04 bits per heavy atom. The predicted octanol–water partition coefficient (Wildman–Crippen LogP) is 4.02. The van der Waals surface area contributed by atoms with Crippen molar-refractivity contribution >= 4 is 29.1 Å².